The number of aromatic nitrogens is 1. The Morgan fingerprint density at radius 1 is 1.00 bits per heavy atom. The molecule has 0 aliphatic heterocycles. The maximum Gasteiger partial charge on any atom is 0.257 e. The molecule has 2 amide bonds. The van der Waals surface area contributed by atoms with E-state index in [1.807, 2.05) is 24.3 Å². The second-order valence-electron chi connectivity index (χ2n) is 8.18. The Hall–Kier alpha value is -2.69. The molecule has 0 aliphatic rings. The third-order valence-corrected chi connectivity index (χ3v) is 4.28. The van der Waals surface area contributed by atoms with Crippen LogP contribution in [0.25, 0.3) is 0 Å². The summed E-state index contributed by atoms with van der Waals surface area (Å²) in [6.07, 6.45) is 3.84. The average molecular weight is 367 g/mol. The van der Waals surface area contributed by atoms with Crippen LogP contribution in [0.1, 0.15) is 67.3 Å². The molecule has 27 heavy (non-hydrogen) atoms. The SMILES string of the molecule is CC(C)CCNC(=O)c1cncc(C(=O)Nc2ccc(C(C)(C)C)cc2)c1. The maximum absolute atomic E-state index is 12.5. The van der Waals surface area contributed by atoms with E-state index in [9.17, 15) is 9.59 Å². The summed E-state index contributed by atoms with van der Waals surface area (Å²) in [4.78, 5) is 28.7. The molecule has 1 aromatic heterocycles. The number of carbonyl (C=O) groups excluding carboxylic acids is 2. The number of amides is 2. The number of nitrogens with one attached hydrogen (secondary N) is 2. The van der Waals surface area contributed by atoms with Crippen LogP contribution in [0.3, 0.4) is 0 Å². The number of carbonyl (C=O) groups is 2. The lowest BCUT2D eigenvalue weighted by Gasteiger charge is -2.19. The molecule has 0 fully saturated rings. The first kappa shape index (κ1) is 20.6. The van der Waals surface area contributed by atoms with Gasteiger partial charge < -0.3 is 10.6 Å². The lowest BCUT2D eigenvalue weighted by Crippen LogP contribution is -2.26. The summed E-state index contributed by atoms with van der Waals surface area (Å²) in [7, 11) is 0. The zero-order chi connectivity index (χ0) is 20.0. The lowest BCUT2D eigenvalue weighted by atomic mass is 9.87. The van der Waals surface area contributed by atoms with Crippen molar-refractivity contribution in [3.8, 4) is 0 Å². The summed E-state index contributed by atoms with van der Waals surface area (Å²) in [6, 6.07) is 9.35. The molecule has 144 valence electrons. The molecule has 2 rings (SSSR count). The van der Waals surface area contributed by atoms with Gasteiger partial charge in [0.25, 0.3) is 11.8 Å². The molecular formula is C22H29N3O2. The molecule has 1 heterocycles. The van der Waals surface area contributed by atoms with Crippen molar-refractivity contribution in [3.63, 3.8) is 0 Å². The summed E-state index contributed by atoms with van der Waals surface area (Å²) in [6.45, 7) is 11.2. The highest BCUT2D eigenvalue weighted by atomic mass is 16.2. The van der Waals surface area contributed by atoms with Gasteiger partial charge in [-0.1, -0.05) is 46.8 Å². The predicted molar refractivity (Wildman–Crippen MR) is 109 cm³/mol. The van der Waals surface area contributed by atoms with E-state index in [1.54, 1.807) is 6.07 Å². The van der Waals surface area contributed by atoms with Gasteiger partial charge in [0, 0.05) is 24.6 Å². The van der Waals surface area contributed by atoms with E-state index in [0.717, 1.165) is 6.42 Å². The minimum Gasteiger partial charge on any atom is -0.352 e. The molecule has 1 aromatic carbocycles. The highest BCUT2D eigenvalue weighted by molar-refractivity contribution is 6.05. The summed E-state index contributed by atoms with van der Waals surface area (Å²) in [5.41, 5.74) is 2.70. The fourth-order valence-electron chi connectivity index (χ4n) is 2.52. The largest absolute Gasteiger partial charge is 0.352 e. The third kappa shape index (κ3) is 6.20. The van der Waals surface area contributed by atoms with Crippen LogP contribution in [0, 0.1) is 5.92 Å². The quantitative estimate of drug-likeness (QED) is 0.794. The normalized spacial score (nSPS) is 11.3. The van der Waals surface area contributed by atoms with Crippen LogP contribution in [0.2, 0.25) is 0 Å². The van der Waals surface area contributed by atoms with E-state index in [0.29, 0.717) is 29.3 Å². The van der Waals surface area contributed by atoms with Crippen LogP contribution in [-0.4, -0.2) is 23.3 Å². The molecule has 0 saturated heterocycles. The Morgan fingerprint density at radius 2 is 1.59 bits per heavy atom. The number of benzene rings is 1. The molecule has 2 N–H and O–H groups in total. The fourth-order valence-corrected chi connectivity index (χ4v) is 2.52. The molecule has 0 aliphatic carbocycles. The summed E-state index contributed by atoms with van der Waals surface area (Å²) >= 11 is 0. The highest BCUT2D eigenvalue weighted by Gasteiger charge is 2.14. The Kier molecular flexibility index (Phi) is 6.72. The van der Waals surface area contributed by atoms with Gasteiger partial charge in [-0.3, -0.25) is 14.6 Å². The van der Waals surface area contributed by atoms with Crippen LogP contribution < -0.4 is 10.6 Å². The van der Waals surface area contributed by atoms with Crippen molar-refractivity contribution in [3.05, 3.63) is 59.4 Å². The molecule has 0 radical (unpaired) electrons. The zero-order valence-electron chi connectivity index (χ0n) is 16.8. The van der Waals surface area contributed by atoms with Crippen molar-refractivity contribution in [1.82, 2.24) is 10.3 Å². The van der Waals surface area contributed by atoms with E-state index in [4.69, 9.17) is 0 Å². The van der Waals surface area contributed by atoms with E-state index < -0.39 is 0 Å². The molecule has 0 spiro atoms. The van der Waals surface area contributed by atoms with Gasteiger partial charge in [-0.15, -0.1) is 0 Å². The first-order valence-corrected chi connectivity index (χ1v) is 9.32. The van der Waals surface area contributed by atoms with Crippen molar-refractivity contribution in [2.75, 3.05) is 11.9 Å². The molecule has 0 saturated carbocycles. The maximum atomic E-state index is 12.5. The van der Waals surface area contributed by atoms with E-state index >= 15 is 0 Å². The minimum absolute atomic E-state index is 0.0592. The van der Waals surface area contributed by atoms with Crippen LogP contribution in [0.15, 0.2) is 42.7 Å². The van der Waals surface area contributed by atoms with Gasteiger partial charge in [0.05, 0.1) is 11.1 Å². The van der Waals surface area contributed by atoms with Crippen molar-refractivity contribution < 1.29 is 9.59 Å². The van der Waals surface area contributed by atoms with Gasteiger partial charge in [-0.25, -0.2) is 0 Å². The number of pyridine rings is 1. The van der Waals surface area contributed by atoms with Gasteiger partial charge in [0.15, 0.2) is 0 Å². The third-order valence-electron chi connectivity index (χ3n) is 4.28. The molecule has 5 nitrogen and oxygen atoms in total. The van der Waals surface area contributed by atoms with Gasteiger partial charge in [-0.2, -0.15) is 0 Å². The fraction of sp³-hybridized carbons (Fsp3) is 0.409. The van der Waals surface area contributed by atoms with Crippen molar-refractivity contribution in [1.29, 1.82) is 0 Å². The Morgan fingerprint density at radius 3 is 2.15 bits per heavy atom. The predicted octanol–water partition coefficient (Wildman–Crippen LogP) is 4.41. The summed E-state index contributed by atoms with van der Waals surface area (Å²) in [5, 5.41) is 5.71. The van der Waals surface area contributed by atoms with Crippen LogP contribution in [0.5, 0.6) is 0 Å². The number of anilines is 1. The molecule has 0 bridgehead atoms. The van der Waals surface area contributed by atoms with E-state index in [1.165, 1.54) is 18.0 Å². The second-order valence-corrected chi connectivity index (χ2v) is 8.18. The minimum atomic E-state index is -0.289. The van der Waals surface area contributed by atoms with Crippen LogP contribution >= 0.6 is 0 Å². The van der Waals surface area contributed by atoms with Crippen molar-refractivity contribution in [2.24, 2.45) is 5.92 Å². The van der Waals surface area contributed by atoms with E-state index in [-0.39, 0.29) is 17.2 Å². The lowest BCUT2D eigenvalue weighted by molar-refractivity contribution is 0.0951. The highest BCUT2D eigenvalue weighted by Crippen LogP contribution is 2.23. The molecule has 2 aromatic rings. The van der Waals surface area contributed by atoms with Gasteiger partial charge in [0.1, 0.15) is 0 Å². The van der Waals surface area contributed by atoms with Gasteiger partial charge in [0.2, 0.25) is 0 Å². The Labute approximate surface area is 161 Å². The second kappa shape index (κ2) is 8.80. The van der Waals surface area contributed by atoms with Crippen LogP contribution in [-0.2, 0) is 5.41 Å². The van der Waals surface area contributed by atoms with Crippen molar-refractivity contribution >= 4 is 17.5 Å². The standard InChI is InChI=1S/C22H29N3O2/c1-15(2)10-11-24-20(26)16-12-17(14-23-13-16)21(27)25-19-8-6-18(7-9-19)22(3,4)5/h6-9,12-15H,10-11H2,1-5H3,(H,24,26)(H,25,27). The Balaban J connectivity index is 2.03. The molecule has 0 atom stereocenters. The Bertz CT molecular complexity index is 790. The zero-order valence-corrected chi connectivity index (χ0v) is 16.8. The van der Waals surface area contributed by atoms with Crippen LogP contribution in [0.4, 0.5) is 5.69 Å². The number of nitrogens with zero attached hydrogens (tertiary/aromatic N) is 1. The average Bonchev–Trinajstić information content (AvgIpc) is 2.61. The summed E-state index contributed by atoms with van der Waals surface area (Å²) in [5.74, 6) is 0.0142. The smallest absolute Gasteiger partial charge is 0.257 e. The number of hydrogen-bond donors (Lipinski definition) is 2. The topological polar surface area (TPSA) is 71.1 Å². The molecular weight excluding hydrogens is 338 g/mol. The first-order valence-electron chi connectivity index (χ1n) is 9.32. The number of hydrogen-bond acceptors (Lipinski definition) is 3. The first-order chi connectivity index (χ1) is 12.7. The molecule has 5 heteroatoms. The van der Waals surface area contributed by atoms with E-state index in [2.05, 4.69) is 50.2 Å². The van der Waals surface area contributed by atoms with Crippen molar-refractivity contribution in [2.45, 2.75) is 46.5 Å². The molecule has 0 unspecified atom stereocenters. The summed E-state index contributed by atoms with van der Waals surface area (Å²) < 4.78 is 0. The monoisotopic (exact) mass is 367 g/mol. The number of rotatable bonds is 6. The van der Waals surface area contributed by atoms with Gasteiger partial charge in [-0.05, 0) is 41.5 Å². The van der Waals surface area contributed by atoms with Gasteiger partial charge >= 0.3 is 0 Å².